The number of rotatable bonds is 8. The molecule has 1 atom stereocenters. The smallest absolute Gasteiger partial charge is 0.406 e. The van der Waals surface area contributed by atoms with Crippen molar-refractivity contribution in [1.29, 1.82) is 0 Å². The monoisotopic (exact) mass is 509 g/mol. The SMILES string of the molecule is Cc1cc(Cl)ccc1CC(CN1CCC(N)CC1)NC(=O)C1(c2ccc(OC(F)(F)F)cc2)CC1. The van der Waals surface area contributed by atoms with Crippen LogP contribution in [0.15, 0.2) is 42.5 Å². The van der Waals surface area contributed by atoms with E-state index in [1.54, 1.807) is 12.1 Å². The van der Waals surface area contributed by atoms with E-state index in [9.17, 15) is 18.0 Å². The molecule has 0 radical (unpaired) electrons. The molecule has 2 aliphatic rings. The van der Waals surface area contributed by atoms with E-state index in [2.05, 4.69) is 15.0 Å². The second-order valence-corrected chi connectivity index (χ2v) is 10.2. The minimum absolute atomic E-state index is 0.0904. The highest BCUT2D eigenvalue weighted by Crippen LogP contribution is 2.49. The molecule has 1 saturated carbocycles. The number of carbonyl (C=O) groups excluding carboxylic acids is 1. The number of nitrogens with zero attached hydrogens (tertiary/aromatic N) is 1. The van der Waals surface area contributed by atoms with E-state index >= 15 is 0 Å². The number of hydrogen-bond acceptors (Lipinski definition) is 4. The zero-order valence-corrected chi connectivity index (χ0v) is 20.5. The number of alkyl halides is 3. The molecule has 0 bridgehead atoms. The first-order valence-corrected chi connectivity index (χ1v) is 12.3. The average Bonchev–Trinajstić information content (AvgIpc) is 3.59. The predicted octanol–water partition coefficient (Wildman–Crippen LogP) is 4.73. The first-order valence-electron chi connectivity index (χ1n) is 11.9. The number of carbonyl (C=O) groups is 1. The molecule has 1 amide bonds. The Morgan fingerprint density at radius 3 is 2.43 bits per heavy atom. The quantitative estimate of drug-likeness (QED) is 0.540. The molecule has 4 rings (SSSR count). The Morgan fingerprint density at radius 2 is 1.86 bits per heavy atom. The maximum Gasteiger partial charge on any atom is 0.573 e. The fourth-order valence-electron chi connectivity index (χ4n) is 4.83. The molecular weight excluding hydrogens is 479 g/mol. The van der Waals surface area contributed by atoms with Crippen LogP contribution in [0.5, 0.6) is 5.75 Å². The van der Waals surface area contributed by atoms with Crippen LogP contribution in [0, 0.1) is 6.92 Å². The third-order valence-electron chi connectivity index (χ3n) is 7.04. The molecule has 1 heterocycles. The Balaban J connectivity index is 1.48. The van der Waals surface area contributed by atoms with Gasteiger partial charge in [-0.3, -0.25) is 4.79 Å². The molecule has 0 spiro atoms. The van der Waals surface area contributed by atoms with Crippen LogP contribution in [0.25, 0.3) is 0 Å². The number of nitrogens with two attached hydrogens (primary N) is 1. The van der Waals surface area contributed by atoms with Crippen molar-refractivity contribution in [2.75, 3.05) is 19.6 Å². The number of hydrogen-bond donors (Lipinski definition) is 2. The van der Waals surface area contributed by atoms with Gasteiger partial charge >= 0.3 is 6.36 Å². The summed E-state index contributed by atoms with van der Waals surface area (Å²) in [5.74, 6) is -0.385. The largest absolute Gasteiger partial charge is 0.573 e. The first kappa shape index (κ1) is 25.8. The van der Waals surface area contributed by atoms with Gasteiger partial charge in [0, 0.05) is 23.7 Å². The van der Waals surface area contributed by atoms with E-state index in [-0.39, 0.29) is 23.7 Å². The summed E-state index contributed by atoms with van der Waals surface area (Å²) in [6, 6.07) is 11.5. The maximum atomic E-state index is 13.5. The molecular formula is C26H31ClF3N3O2. The molecule has 1 aliphatic carbocycles. The molecule has 2 aromatic carbocycles. The molecule has 190 valence electrons. The lowest BCUT2D eigenvalue weighted by Crippen LogP contribution is -2.50. The van der Waals surface area contributed by atoms with Crippen molar-refractivity contribution in [1.82, 2.24) is 10.2 Å². The van der Waals surface area contributed by atoms with Gasteiger partial charge in [-0.25, -0.2) is 0 Å². The van der Waals surface area contributed by atoms with Crippen LogP contribution in [0.4, 0.5) is 13.2 Å². The van der Waals surface area contributed by atoms with Crippen molar-refractivity contribution < 1.29 is 22.7 Å². The molecule has 5 nitrogen and oxygen atoms in total. The van der Waals surface area contributed by atoms with Crippen LogP contribution in [0.3, 0.4) is 0 Å². The minimum atomic E-state index is -4.75. The molecule has 3 N–H and O–H groups in total. The fourth-order valence-corrected chi connectivity index (χ4v) is 5.06. The average molecular weight is 510 g/mol. The van der Waals surface area contributed by atoms with Crippen LogP contribution < -0.4 is 15.8 Å². The van der Waals surface area contributed by atoms with Gasteiger partial charge in [0.25, 0.3) is 0 Å². The molecule has 1 unspecified atom stereocenters. The van der Waals surface area contributed by atoms with E-state index in [1.165, 1.54) is 12.1 Å². The van der Waals surface area contributed by atoms with Gasteiger partial charge in [-0.2, -0.15) is 0 Å². The van der Waals surface area contributed by atoms with Crippen molar-refractivity contribution in [3.05, 3.63) is 64.2 Å². The third kappa shape index (κ3) is 6.68. The standard InChI is InChI=1S/C26H31ClF3N3O2/c1-17-14-20(27)5-2-18(17)15-22(16-33-12-8-21(31)9-13-33)32-24(34)25(10-11-25)19-3-6-23(7-4-19)35-26(28,29)30/h2-7,14,21-22H,8-13,15-16,31H2,1H3,(H,32,34). The number of benzene rings is 2. The second kappa shape index (κ2) is 10.4. The number of likely N-dealkylation sites (tertiary alicyclic amines) is 1. The van der Waals surface area contributed by atoms with Gasteiger partial charge < -0.3 is 20.7 Å². The number of aryl methyl sites for hydroxylation is 1. The number of ether oxygens (including phenoxy) is 1. The summed E-state index contributed by atoms with van der Waals surface area (Å²) in [4.78, 5) is 15.8. The zero-order chi connectivity index (χ0) is 25.2. The molecule has 1 aliphatic heterocycles. The summed E-state index contributed by atoms with van der Waals surface area (Å²) >= 11 is 6.13. The Labute approximate surface area is 208 Å². The van der Waals surface area contributed by atoms with E-state index < -0.39 is 11.8 Å². The van der Waals surface area contributed by atoms with E-state index in [0.29, 0.717) is 36.4 Å². The van der Waals surface area contributed by atoms with Gasteiger partial charge in [0.15, 0.2) is 0 Å². The van der Waals surface area contributed by atoms with Crippen molar-refractivity contribution in [3.8, 4) is 5.75 Å². The summed E-state index contributed by atoms with van der Waals surface area (Å²) < 4.78 is 41.5. The van der Waals surface area contributed by atoms with Crippen molar-refractivity contribution in [2.24, 2.45) is 5.73 Å². The molecule has 1 saturated heterocycles. The summed E-state index contributed by atoms with van der Waals surface area (Å²) in [5, 5.41) is 3.94. The van der Waals surface area contributed by atoms with Gasteiger partial charge in [-0.05, 0) is 93.1 Å². The van der Waals surface area contributed by atoms with E-state index in [0.717, 1.165) is 37.1 Å². The van der Waals surface area contributed by atoms with Crippen LogP contribution in [0.2, 0.25) is 5.02 Å². The van der Waals surface area contributed by atoms with Gasteiger partial charge in [0.1, 0.15) is 5.75 Å². The Bertz CT molecular complexity index is 1030. The van der Waals surface area contributed by atoms with Crippen molar-refractivity contribution >= 4 is 17.5 Å². The highest BCUT2D eigenvalue weighted by Gasteiger charge is 2.51. The first-order chi connectivity index (χ1) is 16.5. The van der Waals surface area contributed by atoms with E-state index in [1.807, 2.05) is 25.1 Å². The van der Waals surface area contributed by atoms with Crippen molar-refractivity contribution in [2.45, 2.75) is 62.9 Å². The number of nitrogens with one attached hydrogen (secondary N) is 1. The molecule has 0 aromatic heterocycles. The normalized spacial score (nSPS) is 19.3. The minimum Gasteiger partial charge on any atom is -0.406 e. The Hall–Kier alpha value is -2.29. The van der Waals surface area contributed by atoms with Crippen LogP contribution in [-0.4, -0.2) is 48.9 Å². The topological polar surface area (TPSA) is 67.6 Å². The third-order valence-corrected chi connectivity index (χ3v) is 7.28. The fraction of sp³-hybridized carbons (Fsp3) is 0.500. The lowest BCUT2D eigenvalue weighted by Gasteiger charge is -2.34. The summed E-state index contributed by atoms with van der Waals surface area (Å²) in [6.45, 7) is 4.49. The number of piperidine rings is 1. The second-order valence-electron chi connectivity index (χ2n) is 9.74. The Morgan fingerprint density at radius 1 is 1.20 bits per heavy atom. The molecule has 35 heavy (non-hydrogen) atoms. The predicted molar refractivity (Wildman–Crippen MR) is 130 cm³/mol. The Kier molecular flexibility index (Phi) is 7.64. The van der Waals surface area contributed by atoms with Crippen molar-refractivity contribution in [3.63, 3.8) is 0 Å². The summed E-state index contributed by atoms with van der Waals surface area (Å²) in [7, 11) is 0. The molecule has 2 aromatic rings. The highest BCUT2D eigenvalue weighted by molar-refractivity contribution is 6.30. The van der Waals surface area contributed by atoms with Gasteiger partial charge in [-0.1, -0.05) is 29.8 Å². The van der Waals surface area contributed by atoms with Gasteiger partial charge in [0.2, 0.25) is 5.91 Å². The van der Waals surface area contributed by atoms with Gasteiger partial charge in [-0.15, -0.1) is 13.2 Å². The van der Waals surface area contributed by atoms with Crippen LogP contribution >= 0.6 is 11.6 Å². The lowest BCUT2D eigenvalue weighted by atomic mass is 9.93. The molecule has 2 fully saturated rings. The highest BCUT2D eigenvalue weighted by atomic mass is 35.5. The summed E-state index contributed by atoms with van der Waals surface area (Å²) in [6.07, 6.45) is -0.922. The van der Waals surface area contributed by atoms with E-state index in [4.69, 9.17) is 17.3 Å². The van der Waals surface area contributed by atoms with Crippen LogP contribution in [0.1, 0.15) is 42.4 Å². The number of halogens is 4. The zero-order valence-electron chi connectivity index (χ0n) is 19.7. The lowest BCUT2D eigenvalue weighted by molar-refractivity contribution is -0.274. The maximum absolute atomic E-state index is 13.5. The summed E-state index contributed by atoms with van der Waals surface area (Å²) in [5.41, 5.74) is 8.24. The van der Waals surface area contributed by atoms with Gasteiger partial charge in [0.05, 0.1) is 5.41 Å². The number of amides is 1. The molecule has 9 heteroatoms. The van der Waals surface area contributed by atoms with Crippen LogP contribution in [-0.2, 0) is 16.6 Å².